The summed E-state index contributed by atoms with van der Waals surface area (Å²) in [6.07, 6.45) is 2.82. The number of hydrogen-bond donors (Lipinski definition) is 1. The fourth-order valence-corrected chi connectivity index (χ4v) is 3.07. The fraction of sp³-hybridized carbons (Fsp3) is 0.455. The molecular formula is C11H15BrN4S. The van der Waals surface area contributed by atoms with Gasteiger partial charge in [0.2, 0.25) is 0 Å². The number of likely N-dealkylation sites (N-methyl/N-ethyl adjacent to an activating group) is 1. The van der Waals surface area contributed by atoms with Crippen LogP contribution in [0.15, 0.2) is 16.2 Å². The smallest absolute Gasteiger partial charge is 0.0794 e. The highest BCUT2D eigenvalue weighted by Gasteiger charge is 2.17. The van der Waals surface area contributed by atoms with Crippen LogP contribution in [0.1, 0.15) is 22.3 Å². The van der Waals surface area contributed by atoms with Crippen molar-refractivity contribution < 1.29 is 0 Å². The van der Waals surface area contributed by atoms with Gasteiger partial charge in [0.05, 0.1) is 21.4 Å². The SMILES string of the molecule is CNC(Cc1c(Br)c(C)nn1C)c1cncs1. The molecule has 1 atom stereocenters. The molecular weight excluding hydrogens is 300 g/mol. The fourth-order valence-electron chi connectivity index (χ4n) is 1.84. The van der Waals surface area contributed by atoms with E-state index in [9.17, 15) is 0 Å². The Bertz CT molecular complexity index is 492. The van der Waals surface area contributed by atoms with Gasteiger partial charge >= 0.3 is 0 Å². The van der Waals surface area contributed by atoms with Crippen LogP contribution in [-0.4, -0.2) is 21.8 Å². The van der Waals surface area contributed by atoms with E-state index >= 15 is 0 Å². The molecule has 2 heterocycles. The Kier molecular flexibility index (Phi) is 3.96. The van der Waals surface area contributed by atoms with E-state index in [1.54, 1.807) is 11.3 Å². The van der Waals surface area contributed by atoms with E-state index in [1.165, 1.54) is 10.6 Å². The van der Waals surface area contributed by atoms with Crippen LogP contribution in [0.2, 0.25) is 0 Å². The van der Waals surface area contributed by atoms with Crippen molar-refractivity contribution >= 4 is 27.3 Å². The molecule has 0 saturated carbocycles. The second-order valence-electron chi connectivity index (χ2n) is 3.92. The summed E-state index contributed by atoms with van der Waals surface area (Å²) in [6, 6.07) is 0.286. The van der Waals surface area contributed by atoms with Crippen molar-refractivity contribution in [1.82, 2.24) is 20.1 Å². The van der Waals surface area contributed by atoms with Gasteiger partial charge in [-0.15, -0.1) is 11.3 Å². The molecule has 0 radical (unpaired) electrons. The predicted molar refractivity (Wildman–Crippen MR) is 73.3 cm³/mol. The number of nitrogens with zero attached hydrogens (tertiary/aromatic N) is 3. The molecule has 92 valence electrons. The summed E-state index contributed by atoms with van der Waals surface area (Å²) >= 11 is 5.27. The van der Waals surface area contributed by atoms with Crippen LogP contribution >= 0.6 is 27.3 Å². The number of hydrogen-bond acceptors (Lipinski definition) is 4. The molecule has 6 heteroatoms. The van der Waals surface area contributed by atoms with Crippen LogP contribution in [0.3, 0.4) is 0 Å². The van der Waals surface area contributed by atoms with E-state index in [1.807, 2.05) is 37.4 Å². The zero-order chi connectivity index (χ0) is 12.4. The van der Waals surface area contributed by atoms with Gasteiger partial charge in [0.25, 0.3) is 0 Å². The van der Waals surface area contributed by atoms with E-state index < -0.39 is 0 Å². The van der Waals surface area contributed by atoms with Crippen molar-refractivity contribution in [3.63, 3.8) is 0 Å². The van der Waals surface area contributed by atoms with Crippen LogP contribution in [0.25, 0.3) is 0 Å². The summed E-state index contributed by atoms with van der Waals surface area (Å²) in [5.41, 5.74) is 4.10. The average Bonchev–Trinajstić information content (AvgIpc) is 2.89. The topological polar surface area (TPSA) is 42.7 Å². The number of thiazole rings is 1. The number of nitrogens with one attached hydrogen (secondary N) is 1. The van der Waals surface area contributed by atoms with Gasteiger partial charge in [-0.2, -0.15) is 5.10 Å². The minimum absolute atomic E-state index is 0.286. The van der Waals surface area contributed by atoms with E-state index in [4.69, 9.17) is 0 Å². The van der Waals surface area contributed by atoms with Crippen molar-refractivity contribution in [2.45, 2.75) is 19.4 Å². The number of aryl methyl sites for hydroxylation is 2. The molecule has 0 aromatic carbocycles. The van der Waals surface area contributed by atoms with E-state index in [-0.39, 0.29) is 6.04 Å². The van der Waals surface area contributed by atoms with Crippen molar-refractivity contribution in [2.24, 2.45) is 7.05 Å². The first kappa shape index (κ1) is 12.7. The highest BCUT2D eigenvalue weighted by Crippen LogP contribution is 2.27. The third-order valence-corrected chi connectivity index (χ3v) is 4.72. The molecule has 0 aliphatic carbocycles. The average molecular weight is 315 g/mol. The van der Waals surface area contributed by atoms with Gasteiger partial charge in [-0.3, -0.25) is 9.67 Å². The van der Waals surface area contributed by atoms with Crippen LogP contribution in [-0.2, 0) is 13.5 Å². The summed E-state index contributed by atoms with van der Waals surface area (Å²) in [5, 5.41) is 7.73. The lowest BCUT2D eigenvalue weighted by Gasteiger charge is -2.14. The van der Waals surface area contributed by atoms with Gasteiger partial charge in [0, 0.05) is 30.6 Å². The molecule has 0 fully saturated rings. The lowest BCUT2D eigenvalue weighted by atomic mass is 10.1. The normalized spacial score (nSPS) is 12.9. The first-order valence-electron chi connectivity index (χ1n) is 5.37. The Morgan fingerprint density at radius 2 is 2.35 bits per heavy atom. The Morgan fingerprint density at radius 3 is 2.82 bits per heavy atom. The van der Waals surface area contributed by atoms with Crippen molar-refractivity contribution in [3.8, 4) is 0 Å². The molecule has 0 spiro atoms. The van der Waals surface area contributed by atoms with Gasteiger partial charge in [0.1, 0.15) is 0 Å². The summed E-state index contributed by atoms with van der Waals surface area (Å²) < 4.78 is 3.04. The third-order valence-electron chi connectivity index (χ3n) is 2.80. The molecule has 0 bridgehead atoms. The summed E-state index contributed by atoms with van der Waals surface area (Å²) in [7, 11) is 3.95. The second kappa shape index (κ2) is 5.29. The molecule has 17 heavy (non-hydrogen) atoms. The van der Waals surface area contributed by atoms with Gasteiger partial charge in [0.15, 0.2) is 0 Å². The monoisotopic (exact) mass is 314 g/mol. The largest absolute Gasteiger partial charge is 0.312 e. The Hall–Kier alpha value is -0.720. The van der Waals surface area contributed by atoms with Gasteiger partial charge in [-0.05, 0) is 29.9 Å². The third kappa shape index (κ3) is 2.59. The highest BCUT2D eigenvalue weighted by atomic mass is 79.9. The quantitative estimate of drug-likeness (QED) is 0.942. The molecule has 0 aliphatic rings. The van der Waals surface area contributed by atoms with Crippen LogP contribution in [0, 0.1) is 6.92 Å². The number of aromatic nitrogens is 3. The zero-order valence-electron chi connectivity index (χ0n) is 10.1. The predicted octanol–water partition coefficient (Wildman–Crippen LogP) is 2.45. The Balaban J connectivity index is 2.24. The van der Waals surface area contributed by atoms with Crippen molar-refractivity contribution in [2.75, 3.05) is 7.05 Å². The van der Waals surface area contributed by atoms with Crippen molar-refractivity contribution in [3.05, 3.63) is 32.4 Å². The maximum absolute atomic E-state index is 4.41. The Morgan fingerprint density at radius 1 is 1.59 bits per heavy atom. The molecule has 0 aliphatic heterocycles. The molecule has 1 N–H and O–H groups in total. The van der Waals surface area contributed by atoms with Crippen LogP contribution in [0.4, 0.5) is 0 Å². The number of halogens is 1. The van der Waals surface area contributed by atoms with Crippen LogP contribution in [0.5, 0.6) is 0 Å². The molecule has 0 saturated heterocycles. The molecule has 4 nitrogen and oxygen atoms in total. The minimum Gasteiger partial charge on any atom is -0.312 e. The van der Waals surface area contributed by atoms with Gasteiger partial charge in [-0.25, -0.2) is 0 Å². The summed E-state index contributed by atoms with van der Waals surface area (Å²) in [4.78, 5) is 5.38. The molecule has 2 aromatic heterocycles. The molecule has 1 unspecified atom stereocenters. The Labute approximate surface area is 113 Å². The zero-order valence-corrected chi connectivity index (χ0v) is 12.5. The maximum Gasteiger partial charge on any atom is 0.0794 e. The lowest BCUT2D eigenvalue weighted by molar-refractivity contribution is 0.567. The molecule has 0 amide bonds. The second-order valence-corrected chi connectivity index (χ2v) is 5.63. The summed E-state index contributed by atoms with van der Waals surface area (Å²) in [6.45, 7) is 2.01. The van der Waals surface area contributed by atoms with E-state index in [0.29, 0.717) is 0 Å². The highest BCUT2D eigenvalue weighted by molar-refractivity contribution is 9.10. The van der Waals surface area contributed by atoms with E-state index in [2.05, 4.69) is 31.3 Å². The van der Waals surface area contributed by atoms with E-state index in [0.717, 1.165) is 16.6 Å². The first-order chi connectivity index (χ1) is 8.13. The summed E-state index contributed by atoms with van der Waals surface area (Å²) in [5.74, 6) is 0. The van der Waals surface area contributed by atoms with Gasteiger partial charge < -0.3 is 5.32 Å². The number of rotatable bonds is 4. The standard InChI is InChI=1S/C11H15BrN4S/c1-7-11(12)9(16(3)15-7)4-8(13-2)10-5-14-6-17-10/h5-6,8,13H,4H2,1-3H3. The minimum atomic E-state index is 0.286. The lowest BCUT2D eigenvalue weighted by Crippen LogP contribution is -2.19. The first-order valence-corrected chi connectivity index (χ1v) is 7.04. The maximum atomic E-state index is 4.41. The van der Waals surface area contributed by atoms with Crippen LogP contribution < -0.4 is 5.32 Å². The molecule has 2 rings (SSSR count). The van der Waals surface area contributed by atoms with Gasteiger partial charge in [-0.1, -0.05) is 0 Å². The van der Waals surface area contributed by atoms with Crippen molar-refractivity contribution in [1.29, 1.82) is 0 Å². The molecule has 2 aromatic rings.